The normalized spacial score (nSPS) is 16.0. The minimum absolute atomic E-state index is 0.0258. The molecule has 0 aromatic rings. The first-order chi connectivity index (χ1) is 11.0. The molecule has 0 radical (unpaired) electrons. The molecule has 23 heavy (non-hydrogen) atoms. The van der Waals surface area contributed by atoms with Crippen LogP contribution in [-0.4, -0.2) is 74.6 Å². The molecule has 0 aliphatic carbocycles. The van der Waals surface area contributed by atoms with Gasteiger partial charge in [0.2, 0.25) is 0 Å². The summed E-state index contributed by atoms with van der Waals surface area (Å²) in [6.07, 6.45) is 3.54. The van der Waals surface area contributed by atoms with Crippen LogP contribution in [0.15, 0.2) is 0 Å². The second kappa shape index (κ2) is 17.8. The van der Waals surface area contributed by atoms with Gasteiger partial charge in [0.25, 0.3) is 0 Å². The molecule has 0 heterocycles. The summed E-state index contributed by atoms with van der Waals surface area (Å²) in [5.74, 6) is 0. The third-order valence-corrected chi connectivity index (χ3v) is 3.43. The predicted octanol–water partition coefficient (Wildman–Crippen LogP) is -0.259. The number of carbonyl (C=O) groups excluding carboxylic acids is 1. The Morgan fingerprint density at radius 3 is 1.65 bits per heavy atom. The van der Waals surface area contributed by atoms with Crippen LogP contribution in [0.4, 0.5) is 0 Å². The minimum Gasteiger partial charge on any atom is -0.396 e. The van der Waals surface area contributed by atoms with Gasteiger partial charge in [0, 0.05) is 6.61 Å². The van der Waals surface area contributed by atoms with Crippen LogP contribution >= 0.6 is 0 Å². The van der Waals surface area contributed by atoms with E-state index >= 15 is 0 Å². The lowest BCUT2D eigenvalue weighted by Crippen LogP contribution is -2.46. The van der Waals surface area contributed by atoms with Crippen molar-refractivity contribution >= 4 is 6.29 Å². The molecule has 4 unspecified atom stereocenters. The van der Waals surface area contributed by atoms with Crippen molar-refractivity contribution in [3.8, 4) is 0 Å². The SMILES string of the molecule is CCCCCCCCCCO.O=CC(O)C(O)C(O)C(O)CO. The maximum absolute atomic E-state index is 9.90. The highest BCUT2D eigenvalue weighted by Gasteiger charge is 2.29. The van der Waals surface area contributed by atoms with Crippen molar-refractivity contribution < 1.29 is 35.4 Å². The van der Waals surface area contributed by atoms with Crippen LogP contribution < -0.4 is 0 Å². The number of hydrogen-bond acceptors (Lipinski definition) is 7. The van der Waals surface area contributed by atoms with E-state index in [1.165, 1.54) is 44.9 Å². The minimum atomic E-state index is -1.79. The Bertz CT molecular complexity index is 243. The monoisotopic (exact) mass is 338 g/mol. The lowest BCUT2D eigenvalue weighted by molar-refractivity contribution is -0.136. The molecule has 0 bridgehead atoms. The van der Waals surface area contributed by atoms with Gasteiger partial charge in [-0.3, -0.25) is 0 Å². The van der Waals surface area contributed by atoms with Crippen LogP contribution in [0.25, 0.3) is 0 Å². The van der Waals surface area contributed by atoms with E-state index in [9.17, 15) is 4.79 Å². The summed E-state index contributed by atoms with van der Waals surface area (Å²) in [7, 11) is 0. The zero-order chi connectivity index (χ0) is 18.1. The average Bonchev–Trinajstić information content (AvgIpc) is 2.58. The molecule has 0 spiro atoms. The molecule has 0 rings (SSSR count). The summed E-state index contributed by atoms with van der Waals surface area (Å²) >= 11 is 0. The Kier molecular flexibility index (Phi) is 19.1. The van der Waals surface area contributed by atoms with Crippen molar-refractivity contribution in [2.24, 2.45) is 0 Å². The lowest BCUT2D eigenvalue weighted by Gasteiger charge is -2.22. The maximum Gasteiger partial charge on any atom is 0.151 e. The molecule has 140 valence electrons. The number of unbranched alkanes of at least 4 members (excludes halogenated alkanes) is 7. The van der Waals surface area contributed by atoms with Crippen molar-refractivity contribution in [3.63, 3.8) is 0 Å². The van der Waals surface area contributed by atoms with Crippen LogP contribution in [0.3, 0.4) is 0 Å². The highest BCUT2D eigenvalue weighted by Crippen LogP contribution is 2.07. The number of aliphatic hydroxyl groups excluding tert-OH is 6. The molecular formula is C16H34O7. The van der Waals surface area contributed by atoms with E-state index in [0.29, 0.717) is 6.61 Å². The van der Waals surface area contributed by atoms with Gasteiger partial charge in [0.05, 0.1) is 6.61 Å². The first kappa shape index (κ1) is 24.7. The van der Waals surface area contributed by atoms with Gasteiger partial charge in [-0.15, -0.1) is 0 Å². The summed E-state index contributed by atoms with van der Waals surface area (Å²) in [5, 5.41) is 52.0. The first-order valence-electron chi connectivity index (χ1n) is 8.35. The summed E-state index contributed by atoms with van der Waals surface area (Å²) in [6.45, 7) is 1.85. The third-order valence-electron chi connectivity index (χ3n) is 3.43. The Hall–Kier alpha value is -0.570. The Balaban J connectivity index is 0. The van der Waals surface area contributed by atoms with Crippen LogP contribution in [0.1, 0.15) is 58.3 Å². The zero-order valence-electron chi connectivity index (χ0n) is 14.0. The number of carbonyl (C=O) groups is 1. The number of rotatable bonds is 13. The highest BCUT2D eigenvalue weighted by molar-refractivity contribution is 5.56. The quantitative estimate of drug-likeness (QED) is 0.201. The summed E-state index contributed by atoms with van der Waals surface area (Å²) in [6, 6.07) is 0. The van der Waals surface area contributed by atoms with E-state index in [1.54, 1.807) is 0 Å². The molecule has 7 heteroatoms. The molecule has 7 nitrogen and oxygen atoms in total. The highest BCUT2D eigenvalue weighted by atomic mass is 16.4. The molecule has 0 amide bonds. The van der Waals surface area contributed by atoms with Gasteiger partial charge in [-0.1, -0.05) is 51.9 Å². The topological polar surface area (TPSA) is 138 Å². The van der Waals surface area contributed by atoms with Crippen molar-refractivity contribution in [2.45, 2.75) is 82.7 Å². The van der Waals surface area contributed by atoms with E-state index in [0.717, 1.165) is 6.42 Å². The summed E-state index contributed by atoms with van der Waals surface area (Å²) < 4.78 is 0. The molecule has 0 aromatic carbocycles. The van der Waals surface area contributed by atoms with E-state index in [1.807, 2.05) is 0 Å². The van der Waals surface area contributed by atoms with Gasteiger partial charge in [-0.05, 0) is 6.42 Å². The van der Waals surface area contributed by atoms with Crippen LogP contribution in [0.5, 0.6) is 0 Å². The molecule has 4 atom stereocenters. The lowest BCUT2D eigenvalue weighted by atomic mass is 10.0. The molecule has 0 aromatic heterocycles. The van der Waals surface area contributed by atoms with Gasteiger partial charge in [-0.2, -0.15) is 0 Å². The number of hydrogen-bond donors (Lipinski definition) is 6. The second-order valence-corrected chi connectivity index (χ2v) is 5.56. The Labute approximate surface area is 138 Å². The van der Waals surface area contributed by atoms with Crippen LogP contribution in [0.2, 0.25) is 0 Å². The van der Waals surface area contributed by atoms with E-state index in [2.05, 4.69) is 6.92 Å². The fourth-order valence-electron chi connectivity index (χ4n) is 1.86. The Morgan fingerprint density at radius 1 is 0.783 bits per heavy atom. The van der Waals surface area contributed by atoms with Crippen molar-refractivity contribution in [2.75, 3.05) is 13.2 Å². The molecule has 0 fully saturated rings. The first-order valence-corrected chi connectivity index (χ1v) is 8.35. The zero-order valence-corrected chi connectivity index (χ0v) is 14.0. The Morgan fingerprint density at radius 2 is 1.26 bits per heavy atom. The fourth-order valence-corrected chi connectivity index (χ4v) is 1.86. The van der Waals surface area contributed by atoms with Gasteiger partial charge in [0.1, 0.15) is 24.4 Å². The van der Waals surface area contributed by atoms with Gasteiger partial charge >= 0.3 is 0 Å². The standard InChI is InChI=1S/C10H22O.C6H12O6/c1-2-3-4-5-6-7-8-9-10-11;7-1-3(9)5(11)6(12)4(10)2-8/h11H,2-10H2,1H3;1,3-6,8-12H,2H2. The molecule has 0 saturated carbocycles. The van der Waals surface area contributed by atoms with E-state index in [4.69, 9.17) is 30.6 Å². The van der Waals surface area contributed by atoms with Crippen molar-refractivity contribution in [1.29, 1.82) is 0 Å². The average molecular weight is 338 g/mol. The van der Waals surface area contributed by atoms with Crippen LogP contribution in [0, 0.1) is 0 Å². The second-order valence-electron chi connectivity index (χ2n) is 5.56. The molecule has 0 aliphatic rings. The van der Waals surface area contributed by atoms with Gasteiger partial charge in [0.15, 0.2) is 6.29 Å². The van der Waals surface area contributed by atoms with Gasteiger partial charge < -0.3 is 35.4 Å². The smallest absolute Gasteiger partial charge is 0.151 e. The molecule has 0 aliphatic heterocycles. The van der Waals surface area contributed by atoms with Crippen molar-refractivity contribution in [3.05, 3.63) is 0 Å². The largest absolute Gasteiger partial charge is 0.396 e. The van der Waals surface area contributed by atoms with E-state index in [-0.39, 0.29) is 6.29 Å². The van der Waals surface area contributed by atoms with Crippen molar-refractivity contribution in [1.82, 2.24) is 0 Å². The fraction of sp³-hybridized carbons (Fsp3) is 0.938. The van der Waals surface area contributed by atoms with Gasteiger partial charge in [-0.25, -0.2) is 0 Å². The number of aliphatic hydroxyl groups is 6. The third kappa shape index (κ3) is 14.7. The van der Waals surface area contributed by atoms with E-state index < -0.39 is 31.0 Å². The number of aldehydes is 1. The van der Waals surface area contributed by atoms with Crippen LogP contribution in [-0.2, 0) is 4.79 Å². The summed E-state index contributed by atoms with van der Waals surface area (Å²) in [5.41, 5.74) is 0. The predicted molar refractivity (Wildman–Crippen MR) is 86.9 cm³/mol. The summed E-state index contributed by atoms with van der Waals surface area (Å²) in [4.78, 5) is 9.90. The molecule has 6 N–H and O–H groups in total. The molecule has 0 saturated heterocycles. The molecular weight excluding hydrogens is 304 g/mol. The maximum atomic E-state index is 9.90.